The minimum atomic E-state index is -0.807. The quantitative estimate of drug-likeness (QED) is 0.168. The summed E-state index contributed by atoms with van der Waals surface area (Å²) in [7, 11) is 0. The number of hydrogen-bond donors (Lipinski definition) is 1. The van der Waals surface area contributed by atoms with E-state index < -0.39 is 10.4 Å². The zero-order valence-electron chi connectivity index (χ0n) is 22.0. The number of aromatic nitrogens is 4. The Bertz CT molecular complexity index is 1460. The van der Waals surface area contributed by atoms with Crippen LogP contribution in [0.5, 0.6) is 0 Å². The van der Waals surface area contributed by atoms with Gasteiger partial charge >= 0.3 is 0 Å². The maximum absolute atomic E-state index is 13.7. The Balaban J connectivity index is 1.40. The number of benzene rings is 1. The van der Waals surface area contributed by atoms with Crippen LogP contribution < -0.4 is 5.32 Å². The molecule has 5 rings (SSSR count). The highest BCUT2D eigenvalue weighted by Gasteiger charge is 2.55. The average molecular weight is 683 g/mol. The fourth-order valence-corrected chi connectivity index (χ4v) is 6.96. The van der Waals surface area contributed by atoms with E-state index in [-0.39, 0.29) is 51.8 Å². The molecule has 1 aliphatic heterocycles. The number of Topliss-reactive ketones (excluding diaryl/α,β-unsaturated/α-hetero) is 1. The zero-order chi connectivity index (χ0) is 28.2. The van der Waals surface area contributed by atoms with Gasteiger partial charge in [0, 0.05) is 42.2 Å². The Morgan fingerprint density at radius 2 is 1.87 bits per heavy atom. The van der Waals surface area contributed by atoms with Gasteiger partial charge in [-0.15, -0.1) is 23.2 Å². The monoisotopic (exact) mass is 682 g/mol. The van der Waals surface area contributed by atoms with E-state index in [1.54, 1.807) is 22.0 Å². The van der Waals surface area contributed by atoms with Crippen molar-refractivity contribution in [3.05, 3.63) is 42.1 Å². The van der Waals surface area contributed by atoms with Crippen LogP contribution in [-0.4, -0.2) is 62.7 Å². The first kappa shape index (κ1) is 28.2. The van der Waals surface area contributed by atoms with Crippen LogP contribution in [0, 0.1) is 18.8 Å². The Labute approximate surface area is 250 Å². The highest BCUT2D eigenvalue weighted by atomic mass is 127. The predicted molar refractivity (Wildman–Crippen MR) is 158 cm³/mol. The summed E-state index contributed by atoms with van der Waals surface area (Å²) < 4.78 is 0.580. The summed E-state index contributed by atoms with van der Waals surface area (Å²) >= 11 is 14.6. The summed E-state index contributed by atoms with van der Waals surface area (Å²) in [4.78, 5) is 49.6. The topological polar surface area (TPSA) is 110 Å². The number of likely N-dealkylation sites (tertiary alicyclic amines) is 1. The molecule has 0 radical (unpaired) electrons. The van der Waals surface area contributed by atoms with Crippen molar-refractivity contribution in [2.45, 2.75) is 67.5 Å². The maximum atomic E-state index is 13.7. The van der Waals surface area contributed by atoms with Crippen molar-refractivity contribution in [3.8, 4) is 11.1 Å². The van der Waals surface area contributed by atoms with Gasteiger partial charge in [-0.1, -0.05) is 35.6 Å². The smallest absolute Gasteiger partial charge is 0.245 e. The number of carbonyl (C=O) groups excluding carboxylic acids is 3. The third-order valence-corrected chi connectivity index (χ3v) is 10.3. The molecule has 0 spiro atoms. The molecule has 1 aliphatic carbocycles. The molecule has 2 aromatic heterocycles. The lowest BCUT2D eigenvalue weighted by molar-refractivity contribution is -0.139. The molecule has 2 fully saturated rings. The molecule has 1 saturated heterocycles. The number of nitrogens with one attached hydrogen (secondary N) is 1. The number of ketones is 1. The summed E-state index contributed by atoms with van der Waals surface area (Å²) in [6, 6.07) is 4.80. The Hall–Kier alpha value is -2.31. The Morgan fingerprint density at radius 3 is 2.49 bits per heavy atom. The number of hydrogen-bond acceptors (Lipinski definition) is 6. The lowest BCUT2D eigenvalue weighted by atomic mass is 10.0. The van der Waals surface area contributed by atoms with Crippen LogP contribution in [-0.2, 0) is 16.1 Å². The van der Waals surface area contributed by atoms with Crippen LogP contribution in [0.4, 0.5) is 0 Å². The van der Waals surface area contributed by atoms with Crippen LogP contribution in [0.1, 0.15) is 49.9 Å². The number of aryl methyl sites for hydroxylation is 1. The second-order valence-electron chi connectivity index (χ2n) is 10.6. The van der Waals surface area contributed by atoms with E-state index >= 15 is 0 Å². The average Bonchev–Trinajstić information content (AvgIpc) is 3.22. The van der Waals surface area contributed by atoms with Crippen molar-refractivity contribution in [3.63, 3.8) is 0 Å². The molecular weight excluding hydrogens is 654 g/mol. The summed E-state index contributed by atoms with van der Waals surface area (Å²) in [5.74, 6) is 0.129. The predicted octanol–water partition coefficient (Wildman–Crippen LogP) is 4.70. The van der Waals surface area contributed by atoms with Gasteiger partial charge in [-0.25, -0.2) is 9.97 Å². The molecule has 1 N–H and O–H groups in total. The number of carbonyl (C=O) groups is 3. The first-order chi connectivity index (χ1) is 18.4. The molecule has 39 heavy (non-hydrogen) atoms. The van der Waals surface area contributed by atoms with E-state index in [2.05, 4.69) is 43.0 Å². The van der Waals surface area contributed by atoms with E-state index in [0.717, 1.165) is 11.1 Å². The summed E-state index contributed by atoms with van der Waals surface area (Å²) in [6.07, 6.45) is 4.64. The largest absolute Gasteiger partial charge is 0.351 e. The third kappa shape index (κ3) is 5.52. The van der Waals surface area contributed by atoms with Gasteiger partial charge in [0.15, 0.2) is 5.78 Å². The van der Waals surface area contributed by atoms with Gasteiger partial charge in [0.05, 0.1) is 9.57 Å². The molecule has 3 aromatic rings. The van der Waals surface area contributed by atoms with Crippen LogP contribution in [0.3, 0.4) is 0 Å². The van der Waals surface area contributed by atoms with Gasteiger partial charge < -0.3 is 10.2 Å². The lowest BCUT2D eigenvalue weighted by Gasteiger charge is -2.28. The van der Waals surface area contributed by atoms with Crippen LogP contribution in [0.2, 0.25) is 0 Å². The Morgan fingerprint density at radius 1 is 1.21 bits per heavy atom. The van der Waals surface area contributed by atoms with Crippen molar-refractivity contribution < 1.29 is 14.4 Å². The van der Waals surface area contributed by atoms with E-state index in [1.807, 2.05) is 39.0 Å². The fraction of sp³-hybridized carbons (Fsp3) is 0.481. The molecule has 3 heterocycles. The minimum absolute atomic E-state index is 0.0139. The third-order valence-electron chi connectivity index (χ3n) is 7.59. The van der Waals surface area contributed by atoms with E-state index in [4.69, 9.17) is 23.2 Å². The molecule has 206 valence electrons. The molecule has 2 aliphatic rings. The van der Waals surface area contributed by atoms with Crippen molar-refractivity contribution >= 4 is 74.3 Å². The molecule has 5 atom stereocenters. The van der Waals surface area contributed by atoms with Crippen LogP contribution >= 0.6 is 45.8 Å². The first-order valence-electron chi connectivity index (χ1n) is 12.8. The highest BCUT2D eigenvalue weighted by Crippen LogP contribution is 2.54. The summed E-state index contributed by atoms with van der Waals surface area (Å²) in [5, 5.41) is 8.18. The van der Waals surface area contributed by atoms with Crippen molar-refractivity contribution in [2.75, 3.05) is 0 Å². The van der Waals surface area contributed by atoms with Crippen molar-refractivity contribution in [1.29, 1.82) is 0 Å². The van der Waals surface area contributed by atoms with Gasteiger partial charge in [0.25, 0.3) is 0 Å². The van der Waals surface area contributed by atoms with Gasteiger partial charge in [-0.2, -0.15) is 5.10 Å². The molecule has 0 unspecified atom stereocenters. The van der Waals surface area contributed by atoms with Crippen molar-refractivity contribution in [1.82, 2.24) is 30.0 Å². The second kappa shape index (κ2) is 10.6. The number of alkyl halides is 3. The number of rotatable bonds is 7. The second-order valence-corrected chi connectivity index (χ2v) is 13.4. The molecule has 9 nitrogen and oxygen atoms in total. The van der Waals surface area contributed by atoms with Gasteiger partial charge in [0.1, 0.15) is 28.4 Å². The SMILES string of the molecule is CC(=O)c1nn(CC(=O)N2[C@H](I)[C@@H](C)C[C@H]2C(=O)N[C@@H](C)[C@H]2CC2(Cl)Cl)c2ccc(-c3cnc(C)nc3)cc12. The molecule has 1 aromatic carbocycles. The lowest BCUT2D eigenvalue weighted by Crippen LogP contribution is -2.51. The van der Waals surface area contributed by atoms with E-state index in [1.165, 1.54) is 6.92 Å². The van der Waals surface area contributed by atoms with Crippen LogP contribution in [0.25, 0.3) is 22.0 Å². The minimum Gasteiger partial charge on any atom is -0.351 e. The standard InChI is InChI=1S/C27H29Cl2IN6O3/c1-13-7-22(26(39)33-14(2)20-9-27(20,28)29)36(25(13)30)23(38)12-35-21-6-5-17(18-10-31-16(4)32-11-18)8-19(21)24(34-35)15(3)37/h5-6,8,10-11,13-14,20,22,25H,7,9,12H2,1-4H3,(H,33,39)/t13-,14-,20+,22-,25-/m0/s1. The normalized spacial score (nSPS) is 24.5. The van der Waals surface area contributed by atoms with Gasteiger partial charge in [-0.05, 0) is 50.3 Å². The first-order valence-corrected chi connectivity index (χ1v) is 14.8. The van der Waals surface area contributed by atoms with Crippen LogP contribution in [0.15, 0.2) is 30.6 Å². The molecule has 12 heteroatoms. The number of nitrogens with zero attached hydrogens (tertiary/aromatic N) is 5. The highest BCUT2D eigenvalue weighted by molar-refractivity contribution is 14.1. The van der Waals surface area contributed by atoms with E-state index in [9.17, 15) is 14.4 Å². The molecule has 0 bridgehead atoms. The molecule has 2 amide bonds. The van der Waals surface area contributed by atoms with Crippen molar-refractivity contribution in [2.24, 2.45) is 11.8 Å². The van der Waals surface area contributed by atoms with Gasteiger partial charge in [-0.3, -0.25) is 19.1 Å². The number of fused-ring (bicyclic) bond motifs is 1. The summed E-state index contributed by atoms with van der Waals surface area (Å²) in [5.41, 5.74) is 2.60. The zero-order valence-corrected chi connectivity index (χ0v) is 25.7. The number of amides is 2. The van der Waals surface area contributed by atoms with Gasteiger partial charge in [0.2, 0.25) is 11.8 Å². The Kier molecular flexibility index (Phi) is 7.66. The summed E-state index contributed by atoms with van der Waals surface area (Å²) in [6.45, 7) is 7.09. The fourth-order valence-electron chi connectivity index (χ4n) is 5.26. The molecular formula is C27H29Cl2IN6O3. The number of halogens is 3. The van der Waals surface area contributed by atoms with E-state index in [0.29, 0.717) is 29.6 Å². The molecule has 1 saturated carbocycles. The maximum Gasteiger partial charge on any atom is 0.245 e.